The Bertz CT molecular complexity index is 1210. The summed E-state index contributed by atoms with van der Waals surface area (Å²) in [6.45, 7) is 6.67. The van der Waals surface area contributed by atoms with Crippen molar-refractivity contribution in [3.8, 4) is 0 Å². The molecule has 1 aliphatic heterocycles. The van der Waals surface area contributed by atoms with Crippen LogP contribution < -0.4 is 0 Å². The van der Waals surface area contributed by atoms with Gasteiger partial charge < -0.3 is 14.7 Å². The van der Waals surface area contributed by atoms with Gasteiger partial charge >= 0.3 is 5.97 Å². The van der Waals surface area contributed by atoms with Crippen molar-refractivity contribution in [3.05, 3.63) is 69.7 Å². The fourth-order valence-electron chi connectivity index (χ4n) is 4.30. The summed E-state index contributed by atoms with van der Waals surface area (Å²) in [6, 6.07) is 12.4. The average Bonchev–Trinajstić information content (AvgIpc) is 2.78. The van der Waals surface area contributed by atoms with Crippen molar-refractivity contribution in [2.45, 2.75) is 69.6 Å². The normalized spacial score (nSPS) is 21.9. The zero-order chi connectivity index (χ0) is 26.8. The van der Waals surface area contributed by atoms with Gasteiger partial charge in [-0.2, -0.15) is 0 Å². The lowest BCUT2D eigenvalue weighted by atomic mass is 9.89. The minimum Gasteiger partial charge on any atom is -0.481 e. The first-order chi connectivity index (χ1) is 16.7. The number of hydrogen-bond donors (Lipinski definition) is 1. The summed E-state index contributed by atoms with van der Waals surface area (Å²) < 4.78 is 31.6. The second-order valence-corrected chi connectivity index (χ2v) is 13.6. The number of aliphatic carboxylic acids is 1. The van der Waals surface area contributed by atoms with E-state index in [0.29, 0.717) is 27.6 Å². The third kappa shape index (κ3) is 6.22. The Morgan fingerprint density at radius 1 is 1.08 bits per heavy atom. The summed E-state index contributed by atoms with van der Waals surface area (Å²) in [5.41, 5.74) is 1.32. The molecule has 196 valence electrons. The number of carboxylic acid groups (broad SMARTS) is 1. The Morgan fingerprint density at radius 2 is 1.72 bits per heavy atom. The van der Waals surface area contributed by atoms with Crippen LogP contribution in [0.2, 0.25) is 10.0 Å². The number of ether oxygens (including phenoxy) is 1. The van der Waals surface area contributed by atoms with E-state index in [2.05, 4.69) is 0 Å². The number of sulfone groups is 1. The first-order valence-electron chi connectivity index (χ1n) is 11.7. The Kier molecular flexibility index (Phi) is 8.76. The number of carboxylic acids is 1. The quantitative estimate of drug-likeness (QED) is 0.463. The lowest BCUT2D eigenvalue weighted by Gasteiger charge is -2.48. The van der Waals surface area contributed by atoms with Crippen LogP contribution in [0, 0.1) is 0 Å². The zero-order valence-electron chi connectivity index (χ0n) is 20.6. The largest absolute Gasteiger partial charge is 0.481 e. The number of rotatable bonds is 8. The molecule has 0 saturated carbocycles. The van der Waals surface area contributed by atoms with E-state index >= 15 is 0 Å². The van der Waals surface area contributed by atoms with E-state index in [-0.39, 0.29) is 5.75 Å². The van der Waals surface area contributed by atoms with E-state index in [1.165, 1.54) is 4.90 Å². The molecule has 36 heavy (non-hydrogen) atoms. The third-order valence-corrected chi connectivity index (χ3v) is 9.56. The van der Waals surface area contributed by atoms with Gasteiger partial charge in [0.05, 0.1) is 23.0 Å². The molecule has 0 aliphatic carbocycles. The average molecular weight is 557 g/mol. The molecule has 1 heterocycles. The maximum absolute atomic E-state index is 13.8. The van der Waals surface area contributed by atoms with Crippen molar-refractivity contribution in [1.82, 2.24) is 4.90 Å². The van der Waals surface area contributed by atoms with E-state index in [0.717, 1.165) is 0 Å². The van der Waals surface area contributed by atoms with Gasteiger partial charge in [-0.3, -0.25) is 9.59 Å². The van der Waals surface area contributed by atoms with Gasteiger partial charge in [-0.05, 0) is 62.6 Å². The Balaban J connectivity index is 2.21. The predicted octanol–water partition coefficient (Wildman–Crippen LogP) is 5.47. The highest BCUT2D eigenvalue weighted by Gasteiger charge is 2.48. The SMILES string of the molecule is CCC(CS(=O)(=O)C(C)(C)C)N1C(=O)[C@@H](CC(=O)O)O[C@H](c2cccc(Cl)c2)[C@H]1c1ccc(Cl)cc1. The van der Waals surface area contributed by atoms with Crippen LogP contribution in [0.15, 0.2) is 48.5 Å². The van der Waals surface area contributed by atoms with Gasteiger partial charge in [-0.15, -0.1) is 0 Å². The lowest BCUT2D eigenvalue weighted by molar-refractivity contribution is -0.182. The van der Waals surface area contributed by atoms with Crippen LogP contribution >= 0.6 is 23.2 Å². The number of hydrogen-bond acceptors (Lipinski definition) is 5. The van der Waals surface area contributed by atoms with Crippen molar-refractivity contribution in [2.24, 2.45) is 0 Å². The minimum absolute atomic E-state index is 0.273. The van der Waals surface area contributed by atoms with Crippen molar-refractivity contribution < 1.29 is 27.9 Å². The van der Waals surface area contributed by atoms with Gasteiger partial charge in [-0.25, -0.2) is 8.42 Å². The second kappa shape index (κ2) is 11.1. The van der Waals surface area contributed by atoms with Crippen LogP contribution in [0.3, 0.4) is 0 Å². The molecule has 1 aliphatic rings. The molecule has 2 aromatic carbocycles. The molecule has 4 atom stereocenters. The molecule has 10 heteroatoms. The summed E-state index contributed by atoms with van der Waals surface area (Å²) in [6.07, 6.45) is -2.30. The van der Waals surface area contributed by atoms with Crippen LogP contribution in [-0.2, 0) is 24.2 Å². The first-order valence-corrected chi connectivity index (χ1v) is 14.1. The molecule has 0 spiro atoms. The van der Waals surface area contributed by atoms with Crippen LogP contribution in [0.1, 0.15) is 63.8 Å². The molecule has 1 fully saturated rings. The molecular weight excluding hydrogens is 525 g/mol. The molecule has 3 rings (SSSR count). The summed E-state index contributed by atoms with van der Waals surface area (Å²) >= 11 is 12.4. The fraction of sp³-hybridized carbons (Fsp3) is 0.462. The fourth-order valence-corrected chi connectivity index (χ4v) is 6.03. The molecule has 0 radical (unpaired) electrons. The smallest absolute Gasteiger partial charge is 0.306 e. The van der Waals surface area contributed by atoms with Gasteiger partial charge in [0, 0.05) is 16.1 Å². The zero-order valence-corrected chi connectivity index (χ0v) is 23.0. The van der Waals surface area contributed by atoms with Crippen LogP contribution in [0.5, 0.6) is 0 Å². The van der Waals surface area contributed by atoms with Gasteiger partial charge in [-0.1, -0.05) is 54.4 Å². The number of carbonyl (C=O) groups excluding carboxylic acids is 1. The molecule has 1 unspecified atom stereocenters. The number of benzene rings is 2. The lowest BCUT2D eigenvalue weighted by Crippen LogP contribution is -2.57. The minimum atomic E-state index is -3.62. The van der Waals surface area contributed by atoms with Gasteiger partial charge in [0.15, 0.2) is 9.84 Å². The molecule has 7 nitrogen and oxygen atoms in total. The number of halogens is 2. The van der Waals surface area contributed by atoms with E-state index in [9.17, 15) is 23.1 Å². The van der Waals surface area contributed by atoms with Crippen molar-refractivity contribution in [2.75, 3.05) is 5.75 Å². The molecule has 2 aromatic rings. The van der Waals surface area contributed by atoms with Crippen LogP contribution in [0.4, 0.5) is 0 Å². The maximum Gasteiger partial charge on any atom is 0.306 e. The number of morpholine rings is 1. The second-order valence-electron chi connectivity index (χ2n) is 9.90. The molecule has 1 amide bonds. The molecule has 1 saturated heterocycles. The topological polar surface area (TPSA) is 101 Å². The number of nitrogens with zero attached hydrogens (tertiary/aromatic N) is 1. The standard InChI is InChI=1S/C26H31Cl2NO6S/c1-5-20(15-36(33,34)26(2,3)4)29-23(16-9-11-18(27)12-10-16)24(17-7-6-8-19(28)13-17)35-21(25(29)32)14-22(30)31/h6-13,20-21,23-24H,5,14-15H2,1-4H3,(H,30,31)/t20?,21-,23-,24-/m1/s1. The van der Waals surface area contributed by atoms with Crippen molar-refractivity contribution in [3.63, 3.8) is 0 Å². The highest BCUT2D eigenvalue weighted by Crippen LogP contribution is 2.45. The van der Waals surface area contributed by atoms with E-state index in [1.54, 1.807) is 69.3 Å². The van der Waals surface area contributed by atoms with E-state index in [4.69, 9.17) is 27.9 Å². The first kappa shape index (κ1) is 28.4. The van der Waals surface area contributed by atoms with Crippen molar-refractivity contribution in [1.29, 1.82) is 0 Å². The Hall–Kier alpha value is -2.13. The van der Waals surface area contributed by atoms with E-state index < -0.39 is 57.2 Å². The Morgan fingerprint density at radius 3 is 2.25 bits per heavy atom. The highest BCUT2D eigenvalue weighted by atomic mass is 35.5. The molecule has 0 bridgehead atoms. The van der Waals surface area contributed by atoms with Gasteiger partial charge in [0.2, 0.25) is 0 Å². The maximum atomic E-state index is 13.8. The molecular formula is C26H31Cl2NO6S. The number of carbonyl (C=O) groups is 2. The van der Waals surface area contributed by atoms with Gasteiger partial charge in [0.25, 0.3) is 5.91 Å². The Labute approximate surface area is 222 Å². The number of amides is 1. The summed E-state index contributed by atoms with van der Waals surface area (Å²) in [5.74, 6) is -2.03. The van der Waals surface area contributed by atoms with Crippen molar-refractivity contribution >= 4 is 44.9 Å². The van der Waals surface area contributed by atoms with E-state index in [1.807, 2.05) is 6.92 Å². The van der Waals surface area contributed by atoms with Crippen LogP contribution in [0.25, 0.3) is 0 Å². The summed E-state index contributed by atoms with van der Waals surface area (Å²) in [5, 5.41) is 10.4. The molecule has 0 aromatic heterocycles. The highest BCUT2D eigenvalue weighted by molar-refractivity contribution is 7.92. The predicted molar refractivity (Wildman–Crippen MR) is 140 cm³/mol. The summed E-state index contributed by atoms with van der Waals surface area (Å²) in [7, 11) is -3.62. The van der Waals surface area contributed by atoms with Crippen LogP contribution in [-0.4, -0.2) is 52.9 Å². The summed E-state index contributed by atoms with van der Waals surface area (Å²) in [4.78, 5) is 26.9. The molecule has 1 N–H and O–H groups in total. The van der Waals surface area contributed by atoms with Gasteiger partial charge in [0.1, 0.15) is 12.2 Å². The third-order valence-electron chi connectivity index (χ3n) is 6.39. The monoisotopic (exact) mass is 555 g/mol.